The van der Waals surface area contributed by atoms with Gasteiger partial charge in [-0.1, -0.05) is 18.7 Å². The second-order valence-corrected chi connectivity index (χ2v) is 5.89. The number of thioether (sulfide) groups is 1. The molecular weight excluding hydrogens is 358 g/mol. The van der Waals surface area contributed by atoms with Crippen LogP contribution in [0.3, 0.4) is 0 Å². The summed E-state index contributed by atoms with van der Waals surface area (Å²) in [4.78, 5) is 10.7. The zero-order chi connectivity index (χ0) is 15.4. The van der Waals surface area contributed by atoms with Crippen molar-refractivity contribution in [1.82, 2.24) is 14.8 Å². The minimum Gasteiger partial charge on any atom is -0.495 e. The topological polar surface area (TPSA) is 77.2 Å². The maximum Gasteiger partial charge on any atom is 0.313 e. The highest BCUT2D eigenvalue weighted by molar-refractivity contribution is 9.10. The molecule has 6 nitrogen and oxygen atoms in total. The third kappa shape index (κ3) is 3.56. The van der Waals surface area contributed by atoms with Crippen LogP contribution in [-0.4, -0.2) is 38.7 Å². The van der Waals surface area contributed by atoms with Gasteiger partial charge in [0.05, 0.1) is 23.0 Å². The second-order valence-electron chi connectivity index (χ2n) is 4.09. The summed E-state index contributed by atoms with van der Waals surface area (Å²) in [5.74, 6) is 0.515. The zero-order valence-corrected chi connectivity index (χ0v) is 13.9. The van der Waals surface area contributed by atoms with E-state index in [2.05, 4.69) is 26.1 Å². The van der Waals surface area contributed by atoms with Crippen LogP contribution in [0.1, 0.15) is 12.7 Å². The van der Waals surface area contributed by atoms with E-state index in [9.17, 15) is 4.79 Å². The molecule has 0 saturated carbocycles. The van der Waals surface area contributed by atoms with Crippen molar-refractivity contribution in [3.63, 3.8) is 0 Å². The van der Waals surface area contributed by atoms with Crippen molar-refractivity contribution in [3.05, 3.63) is 28.5 Å². The summed E-state index contributed by atoms with van der Waals surface area (Å²) in [6, 6.07) is 5.64. The highest BCUT2D eigenvalue weighted by Crippen LogP contribution is 2.30. The summed E-state index contributed by atoms with van der Waals surface area (Å²) in [6.07, 6.45) is 0.693. The van der Waals surface area contributed by atoms with E-state index >= 15 is 0 Å². The Balaban J connectivity index is 2.45. The summed E-state index contributed by atoms with van der Waals surface area (Å²) in [5.41, 5.74) is 0.838. The standard InChI is InChI=1S/C13H14BrN3O3S/c1-3-11-15-16-13(21-7-12(18)19)17(11)8-4-5-9(14)10(6-8)20-2/h4-6H,3,7H2,1-2H3,(H,18,19). The van der Waals surface area contributed by atoms with Crippen molar-refractivity contribution in [2.45, 2.75) is 18.5 Å². The van der Waals surface area contributed by atoms with Crippen LogP contribution in [0.25, 0.3) is 5.69 Å². The zero-order valence-electron chi connectivity index (χ0n) is 11.5. The maximum atomic E-state index is 10.7. The van der Waals surface area contributed by atoms with Crippen LogP contribution in [0.4, 0.5) is 0 Å². The summed E-state index contributed by atoms with van der Waals surface area (Å²) >= 11 is 4.55. The number of ether oxygens (including phenoxy) is 1. The van der Waals surface area contributed by atoms with E-state index in [4.69, 9.17) is 9.84 Å². The van der Waals surface area contributed by atoms with Crippen molar-refractivity contribution in [2.24, 2.45) is 0 Å². The van der Waals surface area contributed by atoms with Crippen LogP contribution in [0.2, 0.25) is 0 Å². The Morgan fingerprint density at radius 1 is 1.48 bits per heavy atom. The first kappa shape index (κ1) is 15.8. The Morgan fingerprint density at radius 3 is 2.86 bits per heavy atom. The molecule has 21 heavy (non-hydrogen) atoms. The van der Waals surface area contributed by atoms with Gasteiger partial charge in [0, 0.05) is 12.5 Å². The summed E-state index contributed by atoms with van der Waals surface area (Å²) in [7, 11) is 1.59. The number of hydrogen-bond acceptors (Lipinski definition) is 5. The fourth-order valence-corrected chi connectivity index (χ4v) is 2.90. The van der Waals surface area contributed by atoms with Gasteiger partial charge in [0.2, 0.25) is 0 Å². The number of halogens is 1. The Hall–Kier alpha value is -1.54. The van der Waals surface area contributed by atoms with Gasteiger partial charge in [-0.15, -0.1) is 10.2 Å². The first-order chi connectivity index (χ1) is 10.1. The molecular formula is C13H14BrN3O3S. The van der Waals surface area contributed by atoms with Crippen molar-refractivity contribution in [3.8, 4) is 11.4 Å². The normalized spacial score (nSPS) is 10.6. The number of aryl methyl sites for hydroxylation is 1. The fourth-order valence-electron chi connectivity index (χ4n) is 1.80. The third-order valence-electron chi connectivity index (χ3n) is 2.73. The molecule has 0 aliphatic heterocycles. The summed E-state index contributed by atoms with van der Waals surface area (Å²) < 4.78 is 7.99. The highest BCUT2D eigenvalue weighted by Gasteiger charge is 2.15. The van der Waals surface area contributed by atoms with Crippen molar-refractivity contribution in [1.29, 1.82) is 0 Å². The predicted octanol–water partition coefficient (Wildman–Crippen LogP) is 2.78. The van der Waals surface area contributed by atoms with Gasteiger partial charge in [-0.2, -0.15) is 0 Å². The molecule has 0 radical (unpaired) electrons. The average Bonchev–Trinajstić information content (AvgIpc) is 2.88. The van der Waals surface area contributed by atoms with E-state index in [1.807, 2.05) is 29.7 Å². The second kappa shape index (κ2) is 6.95. The molecule has 1 heterocycles. The molecule has 1 aromatic heterocycles. The first-order valence-electron chi connectivity index (χ1n) is 6.19. The molecule has 0 spiro atoms. The lowest BCUT2D eigenvalue weighted by Gasteiger charge is -2.11. The largest absolute Gasteiger partial charge is 0.495 e. The number of carboxylic acid groups (broad SMARTS) is 1. The van der Waals surface area contributed by atoms with E-state index in [0.29, 0.717) is 17.3 Å². The van der Waals surface area contributed by atoms with Gasteiger partial charge in [0.15, 0.2) is 5.16 Å². The molecule has 0 aliphatic rings. The molecule has 0 bridgehead atoms. The Bertz CT molecular complexity index is 660. The maximum absolute atomic E-state index is 10.7. The van der Waals surface area contributed by atoms with E-state index in [0.717, 1.165) is 27.7 Å². The smallest absolute Gasteiger partial charge is 0.313 e. The van der Waals surface area contributed by atoms with E-state index < -0.39 is 5.97 Å². The van der Waals surface area contributed by atoms with Crippen LogP contribution in [0.5, 0.6) is 5.75 Å². The third-order valence-corrected chi connectivity index (χ3v) is 4.30. The predicted molar refractivity (Wildman–Crippen MR) is 83.3 cm³/mol. The van der Waals surface area contributed by atoms with E-state index in [1.165, 1.54) is 0 Å². The van der Waals surface area contributed by atoms with Gasteiger partial charge in [-0.05, 0) is 28.1 Å². The SMILES string of the molecule is CCc1nnc(SCC(=O)O)n1-c1ccc(Br)c(OC)c1. The molecule has 2 aromatic rings. The van der Waals surface area contributed by atoms with E-state index in [1.54, 1.807) is 7.11 Å². The van der Waals surface area contributed by atoms with Gasteiger partial charge in [-0.25, -0.2) is 0 Å². The molecule has 0 atom stereocenters. The number of aliphatic carboxylic acids is 1. The molecule has 0 saturated heterocycles. The van der Waals surface area contributed by atoms with Crippen molar-refractivity contribution in [2.75, 3.05) is 12.9 Å². The summed E-state index contributed by atoms with van der Waals surface area (Å²) in [6.45, 7) is 1.97. The Kier molecular flexibility index (Phi) is 5.24. The monoisotopic (exact) mass is 371 g/mol. The van der Waals surface area contributed by atoms with Crippen LogP contribution in [-0.2, 0) is 11.2 Å². The number of carbonyl (C=O) groups is 1. The number of benzene rings is 1. The van der Waals surface area contributed by atoms with Crippen molar-refractivity contribution >= 4 is 33.7 Å². The molecule has 2 rings (SSSR count). The molecule has 8 heteroatoms. The van der Waals surface area contributed by atoms with Crippen LogP contribution < -0.4 is 4.74 Å². The molecule has 0 aliphatic carbocycles. The number of methoxy groups -OCH3 is 1. The molecule has 112 valence electrons. The first-order valence-corrected chi connectivity index (χ1v) is 7.97. The molecule has 1 aromatic carbocycles. The highest BCUT2D eigenvalue weighted by atomic mass is 79.9. The van der Waals surface area contributed by atoms with Crippen LogP contribution in [0, 0.1) is 0 Å². The van der Waals surface area contributed by atoms with Crippen molar-refractivity contribution < 1.29 is 14.6 Å². The lowest BCUT2D eigenvalue weighted by Crippen LogP contribution is -2.04. The fraction of sp³-hybridized carbons (Fsp3) is 0.308. The number of carboxylic acids is 1. The quantitative estimate of drug-likeness (QED) is 0.786. The number of rotatable bonds is 6. The molecule has 1 N–H and O–H groups in total. The van der Waals surface area contributed by atoms with Gasteiger partial charge >= 0.3 is 5.97 Å². The Labute approximate surface area is 134 Å². The van der Waals surface area contributed by atoms with Crippen LogP contribution in [0.15, 0.2) is 27.8 Å². The Morgan fingerprint density at radius 2 is 2.24 bits per heavy atom. The number of aromatic nitrogens is 3. The van der Waals surface area contributed by atoms with E-state index in [-0.39, 0.29) is 5.75 Å². The minimum atomic E-state index is -0.888. The molecule has 0 unspecified atom stereocenters. The lowest BCUT2D eigenvalue weighted by atomic mass is 10.3. The minimum absolute atomic E-state index is 0.0600. The molecule has 0 fully saturated rings. The van der Waals surface area contributed by atoms with Gasteiger partial charge in [0.1, 0.15) is 11.6 Å². The average molecular weight is 372 g/mol. The van der Waals surface area contributed by atoms with Gasteiger partial charge < -0.3 is 9.84 Å². The van der Waals surface area contributed by atoms with Gasteiger partial charge in [-0.3, -0.25) is 9.36 Å². The lowest BCUT2D eigenvalue weighted by molar-refractivity contribution is -0.133. The summed E-state index contributed by atoms with van der Waals surface area (Å²) in [5, 5.41) is 17.6. The van der Waals surface area contributed by atoms with Gasteiger partial charge in [0.25, 0.3) is 0 Å². The van der Waals surface area contributed by atoms with Crippen LogP contribution >= 0.6 is 27.7 Å². The number of hydrogen-bond donors (Lipinski definition) is 1. The molecule has 0 amide bonds. The number of nitrogens with zero attached hydrogens (tertiary/aromatic N) is 3.